The first-order valence-electron chi connectivity index (χ1n) is 11.2. The molecule has 1 saturated carbocycles. The van der Waals surface area contributed by atoms with Crippen LogP contribution in [0.5, 0.6) is 0 Å². The van der Waals surface area contributed by atoms with Crippen molar-refractivity contribution in [2.24, 2.45) is 5.92 Å². The van der Waals surface area contributed by atoms with Crippen molar-refractivity contribution in [1.82, 2.24) is 10.6 Å². The number of alkyl carbamates (subject to hydrolysis) is 1. The zero-order valence-corrected chi connectivity index (χ0v) is 18.2. The minimum absolute atomic E-state index is 0.0626. The Hall–Kier alpha value is -3.39. The van der Waals surface area contributed by atoms with Crippen LogP contribution in [0, 0.1) is 5.92 Å². The van der Waals surface area contributed by atoms with E-state index in [2.05, 4.69) is 22.8 Å². The van der Waals surface area contributed by atoms with Crippen LogP contribution in [0.3, 0.4) is 0 Å². The second-order valence-corrected chi connectivity index (χ2v) is 8.61. The van der Waals surface area contributed by atoms with Gasteiger partial charge in [-0.15, -0.1) is 0 Å². The van der Waals surface area contributed by atoms with Crippen LogP contribution in [0.2, 0.25) is 0 Å². The first kappa shape index (κ1) is 22.8. The average molecular weight is 453 g/mol. The molecule has 2 amide bonds. The van der Waals surface area contributed by atoms with Gasteiger partial charge in [0.1, 0.15) is 6.61 Å². The van der Waals surface area contributed by atoms with Crippen LogP contribution in [0.4, 0.5) is 4.79 Å². The lowest BCUT2D eigenvalue weighted by molar-refractivity contribution is -0.142. The van der Waals surface area contributed by atoms with Gasteiger partial charge in [0.2, 0.25) is 5.91 Å². The molecular weight excluding hydrogens is 424 g/mol. The molecule has 0 bridgehead atoms. The van der Waals surface area contributed by atoms with E-state index in [9.17, 15) is 24.6 Å². The van der Waals surface area contributed by atoms with E-state index in [-0.39, 0.29) is 25.5 Å². The molecule has 2 aliphatic carbocycles. The molecule has 0 aromatic heterocycles. The molecule has 0 saturated heterocycles. The third kappa shape index (κ3) is 5.17. The number of amides is 2. The number of aliphatic hydroxyl groups is 1. The summed E-state index contributed by atoms with van der Waals surface area (Å²) in [6.07, 6.45) is -0.114. The summed E-state index contributed by atoms with van der Waals surface area (Å²) in [6.45, 7) is 0.0197. The molecule has 33 heavy (non-hydrogen) atoms. The minimum Gasteiger partial charge on any atom is -0.481 e. The number of aliphatic carboxylic acids is 1. The van der Waals surface area contributed by atoms with Crippen molar-refractivity contribution in [1.29, 1.82) is 0 Å². The molecule has 1 fully saturated rings. The minimum atomic E-state index is -1.10. The fourth-order valence-electron chi connectivity index (χ4n) is 4.83. The average Bonchev–Trinajstić information content (AvgIpc) is 3.39. The number of rotatable bonds is 8. The highest BCUT2D eigenvalue weighted by Crippen LogP contribution is 2.44. The second-order valence-electron chi connectivity index (χ2n) is 8.61. The van der Waals surface area contributed by atoms with Crippen LogP contribution in [0.25, 0.3) is 11.1 Å². The molecule has 4 N–H and O–H groups in total. The van der Waals surface area contributed by atoms with Crippen LogP contribution in [-0.4, -0.2) is 53.5 Å². The SMILES string of the molecule is O=C(CC(O)CNC(=O)OCC1c2ccccc2-c2ccccc21)NC1CCCC1C(=O)O. The quantitative estimate of drug-likeness (QED) is 0.488. The predicted octanol–water partition coefficient (Wildman–Crippen LogP) is 2.65. The molecule has 0 heterocycles. The maximum absolute atomic E-state index is 12.2. The van der Waals surface area contributed by atoms with E-state index in [1.165, 1.54) is 0 Å². The van der Waals surface area contributed by atoms with Gasteiger partial charge in [-0.2, -0.15) is 0 Å². The summed E-state index contributed by atoms with van der Waals surface area (Å²) in [5.74, 6) is -2.01. The summed E-state index contributed by atoms with van der Waals surface area (Å²) >= 11 is 0. The van der Waals surface area contributed by atoms with Crippen molar-refractivity contribution in [3.63, 3.8) is 0 Å². The van der Waals surface area contributed by atoms with Crippen molar-refractivity contribution in [2.45, 2.75) is 43.7 Å². The first-order valence-corrected chi connectivity index (χ1v) is 11.2. The third-order valence-electron chi connectivity index (χ3n) is 6.43. The van der Waals surface area contributed by atoms with Crippen molar-refractivity contribution in [3.05, 3.63) is 59.7 Å². The van der Waals surface area contributed by atoms with E-state index in [1.54, 1.807) is 0 Å². The lowest BCUT2D eigenvalue weighted by Gasteiger charge is -2.19. The predicted molar refractivity (Wildman–Crippen MR) is 121 cm³/mol. The van der Waals surface area contributed by atoms with Crippen molar-refractivity contribution >= 4 is 18.0 Å². The Morgan fingerprint density at radius 1 is 1.00 bits per heavy atom. The van der Waals surface area contributed by atoms with Crippen LogP contribution in [-0.2, 0) is 14.3 Å². The molecule has 2 aromatic rings. The monoisotopic (exact) mass is 452 g/mol. The number of nitrogens with one attached hydrogen (secondary N) is 2. The Labute approximate surface area is 192 Å². The number of fused-ring (bicyclic) bond motifs is 3. The number of hydrogen-bond acceptors (Lipinski definition) is 5. The maximum atomic E-state index is 12.2. The molecule has 4 rings (SSSR count). The third-order valence-corrected chi connectivity index (χ3v) is 6.43. The topological polar surface area (TPSA) is 125 Å². The number of ether oxygens (including phenoxy) is 1. The first-order chi connectivity index (χ1) is 15.9. The number of carbonyl (C=O) groups is 3. The van der Waals surface area contributed by atoms with E-state index in [4.69, 9.17) is 4.74 Å². The Balaban J connectivity index is 1.23. The van der Waals surface area contributed by atoms with E-state index >= 15 is 0 Å². The van der Waals surface area contributed by atoms with E-state index in [1.807, 2.05) is 36.4 Å². The standard InChI is InChI=1S/C25H28N2O6/c28-15(12-23(29)27-22-11-5-10-20(22)24(30)31)13-26-25(32)33-14-21-18-8-3-1-6-16(18)17-7-2-4-9-19(17)21/h1-4,6-9,15,20-22,28H,5,10-14H2,(H,26,32)(H,27,29)(H,30,31). The van der Waals surface area contributed by atoms with Gasteiger partial charge in [0.05, 0.1) is 18.4 Å². The summed E-state index contributed by atoms with van der Waals surface area (Å²) in [6, 6.07) is 15.6. The molecular formula is C25H28N2O6. The van der Waals surface area contributed by atoms with Gasteiger partial charge in [-0.25, -0.2) is 4.79 Å². The summed E-state index contributed by atoms with van der Waals surface area (Å²) in [4.78, 5) is 35.6. The van der Waals surface area contributed by atoms with Crippen LogP contribution in [0.15, 0.2) is 48.5 Å². The van der Waals surface area contributed by atoms with E-state index in [0.29, 0.717) is 12.8 Å². The largest absolute Gasteiger partial charge is 0.481 e. The summed E-state index contributed by atoms with van der Waals surface area (Å²) in [7, 11) is 0. The molecule has 2 aromatic carbocycles. The van der Waals surface area contributed by atoms with Gasteiger partial charge in [-0.1, -0.05) is 55.0 Å². The van der Waals surface area contributed by atoms with Gasteiger partial charge in [0.15, 0.2) is 0 Å². The molecule has 3 unspecified atom stereocenters. The number of carbonyl (C=O) groups excluding carboxylic acids is 2. The maximum Gasteiger partial charge on any atom is 0.407 e. The molecule has 8 nitrogen and oxygen atoms in total. The lowest BCUT2D eigenvalue weighted by Crippen LogP contribution is -2.42. The highest BCUT2D eigenvalue weighted by atomic mass is 16.5. The smallest absolute Gasteiger partial charge is 0.407 e. The number of aliphatic hydroxyl groups excluding tert-OH is 1. The van der Waals surface area contributed by atoms with Gasteiger partial charge in [-0.05, 0) is 35.1 Å². The highest BCUT2D eigenvalue weighted by molar-refractivity contribution is 5.80. The fraction of sp³-hybridized carbons (Fsp3) is 0.400. The van der Waals surface area contributed by atoms with Gasteiger partial charge in [-0.3, -0.25) is 9.59 Å². The molecule has 3 atom stereocenters. The lowest BCUT2D eigenvalue weighted by atomic mass is 9.98. The fourth-order valence-corrected chi connectivity index (χ4v) is 4.83. The number of benzene rings is 2. The number of hydrogen-bond donors (Lipinski definition) is 4. The Morgan fingerprint density at radius 2 is 1.64 bits per heavy atom. The molecule has 2 aliphatic rings. The van der Waals surface area contributed by atoms with Crippen molar-refractivity contribution < 1.29 is 29.3 Å². The Kier molecular flexibility index (Phi) is 6.93. The van der Waals surface area contributed by atoms with E-state index < -0.39 is 36.0 Å². The van der Waals surface area contributed by atoms with Crippen LogP contribution >= 0.6 is 0 Å². The molecule has 0 aliphatic heterocycles. The van der Waals surface area contributed by atoms with Crippen LogP contribution in [0.1, 0.15) is 42.7 Å². The zero-order chi connectivity index (χ0) is 23.4. The molecule has 0 spiro atoms. The van der Waals surface area contributed by atoms with Gasteiger partial charge < -0.3 is 25.6 Å². The van der Waals surface area contributed by atoms with Crippen LogP contribution < -0.4 is 10.6 Å². The normalized spacial score (nSPS) is 19.9. The summed E-state index contributed by atoms with van der Waals surface area (Å²) in [5.41, 5.74) is 4.48. The summed E-state index contributed by atoms with van der Waals surface area (Å²) in [5, 5.41) is 24.5. The number of carboxylic acid groups (broad SMARTS) is 1. The number of carboxylic acids is 1. The molecule has 0 radical (unpaired) electrons. The van der Waals surface area contributed by atoms with Crippen molar-refractivity contribution in [2.75, 3.05) is 13.2 Å². The van der Waals surface area contributed by atoms with Gasteiger partial charge in [0, 0.05) is 18.5 Å². The Bertz CT molecular complexity index is 994. The molecule has 8 heteroatoms. The van der Waals surface area contributed by atoms with Gasteiger partial charge in [0.25, 0.3) is 0 Å². The van der Waals surface area contributed by atoms with Crippen molar-refractivity contribution in [3.8, 4) is 11.1 Å². The summed E-state index contributed by atoms with van der Waals surface area (Å²) < 4.78 is 5.42. The molecule has 174 valence electrons. The Morgan fingerprint density at radius 3 is 2.27 bits per heavy atom. The second kappa shape index (κ2) is 10.0. The zero-order valence-electron chi connectivity index (χ0n) is 18.2. The van der Waals surface area contributed by atoms with E-state index in [0.717, 1.165) is 28.7 Å². The highest BCUT2D eigenvalue weighted by Gasteiger charge is 2.34. The van der Waals surface area contributed by atoms with Gasteiger partial charge >= 0.3 is 12.1 Å².